The molecule has 0 aliphatic rings. The highest BCUT2D eigenvalue weighted by Gasteiger charge is 2.17. The Morgan fingerprint density at radius 2 is 1.80 bits per heavy atom. The Labute approximate surface area is 116 Å². The van der Waals surface area contributed by atoms with Crippen LogP contribution in [0.15, 0.2) is 10.6 Å². The van der Waals surface area contributed by atoms with Gasteiger partial charge in [-0.3, -0.25) is 14.5 Å². The van der Waals surface area contributed by atoms with Gasteiger partial charge in [-0.1, -0.05) is 5.16 Å². The molecule has 0 fully saturated rings. The van der Waals surface area contributed by atoms with Gasteiger partial charge in [-0.05, 0) is 0 Å². The van der Waals surface area contributed by atoms with Crippen LogP contribution < -0.4 is 0 Å². The van der Waals surface area contributed by atoms with Gasteiger partial charge in [0.15, 0.2) is 5.76 Å². The second kappa shape index (κ2) is 8.28. The number of carbonyl (C=O) groups excluding carboxylic acids is 2. The molecular formula is C12H18N2O6. The number of esters is 2. The SMILES string of the molecule is COCc1cc(CN(CC(=O)OC)CC(=O)OC)no1. The molecule has 112 valence electrons. The molecule has 0 spiro atoms. The van der Waals surface area contributed by atoms with Crippen molar-refractivity contribution >= 4 is 11.9 Å². The van der Waals surface area contributed by atoms with Crippen molar-refractivity contribution in [3.05, 3.63) is 17.5 Å². The summed E-state index contributed by atoms with van der Waals surface area (Å²) in [5.41, 5.74) is 0.588. The third kappa shape index (κ3) is 5.37. The fourth-order valence-corrected chi connectivity index (χ4v) is 1.53. The van der Waals surface area contributed by atoms with E-state index in [1.54, 1.807) is 18.1 Å². The second-order valence-electron chi connectivity index (χ2n) is 4.02. The average molecular weight is 286 g/mol. The molecule has 0 radical (unpaired) electrons. The standard InChI is InChI=1S/C12H18N2O6/c1-17-8-10-4-9(13-20-10)5-14(6-11(15)18-2)7-12(16)19-3/h4H,5-8H2,1-3H3. The van der Waals surface area contributed by atoms with Gasteiger partial charge in [-0.25, -0.2) is 0 Å². The van der Waals surface area contributed by atoms with Gasteiger partial charge in [0, 0.05) is 19.7 Å². The van der Waals surface area contributed by atoms with Crippen molar-refractivity contribution in [1.29, 1.82) is 0 Å². The molecule has 1 rings (SSSR count). The van der Waals surface area contributed by atoms with Crippen LogP contribution in [0.2, 0.25) is 0 Å². The summed E-state index contributed by atoms with van der Waals surface area (Å²) in [6.07, 6.45) is 0. The number of nitrogens with zero attached hydrogens (tertiary/aromatic N) is 2. The summed E-state index contributed by atoms with van der Waals surface area (Å²) in [5, 5.41) is 3.84. The number of hydrogen-bond donors (Lipinski definition) is 0. The Morgan fingerprint density at radius 3 is 2.30 bits per heavy atom. The molecule has 1 heterocycles. The number of ether oxygens (including phenoxy) is 3. The van der Waals surface area contributed by atoms with E-state index in [4.69, 9.17) is 9.26 Å². The first-order valence-corrected chi connectivity index (χ1v) is 5.88. The monoisotopic (exact) mass is 286 g/mol. The Hall–Kier alpha value is -1.93. The van der Waals surface area contributed by atoms with Crippen LogP contribution >= 0.6 is 0 Å². The summed E-state index contributed by atoms with van der Waals surface area (Å²) in [4.78, 5) is 24.2. The van der Waals surface area contributed by atoms with Crippen LogP contribution in [0.1, 0.15) is 11.5 Å². The highest BCUT2D eigenvalue weighted by Crippen LogP contribution is 2.08. The molecule has 20 heavy (non-hydrogen) atoms. The summed E-state index contributed by atoms with van der Waals surface area (Å²) in [6, 6.07) is 1.70. The molecule has 0 saturated heterocycles. The van der Waals surface area contributed by atoms with E-state index >= 15 is 0 Å². The first-order chi connectivity index (χ1) is 9.58. The van der Waals surface area contributed by atoms with E-state index in [1.165, 1.54) is 14.2 Å². The molecule has 0 aliphatic carbocycles. The van der Waals surface area contributed by atoms with Gasteiger partial charge in [-0.2, -0.15) is 0 Å². The molecule has 0 N–H and O–H groups in total. The molecule has 8 nitrogen and oxygen atoms in total. The number of hydrogen-bond acceptors (Lipinski definition) is 8. The molecule has 0 bridgehead atoms. The third-order valence-electron chi connectivity index (χ3n) is 2.44. The lowest BCUT2D eigenvalue weighted by Crippen LogP contribution is -2.35. The normalized spacial score (nSPS) is 10.6. The zero-order chi connectivity index (χ0) is 15.0. The van der Waals surface area contributed by atoms with Crippen molar-refractivity contribution in [1.82, 2.24) is 10.1 Å². The van der Waals surface area contributed by atoms with Crippen LogP contribution in [0.3, 0.4) is 0 Å². The van der Waals surface area contributed by atoms with Crippen molar-refractivity contribution < 1.29 is 28.3 Å². The van der Waals surface area contributed by atoms with Crippen LogP contribution in [0.5, 0.6) is 0 Å². The Bertz CT molecular complexity index is 427. The summed E-state index contributed by atoms with van der Waals surface area (Å²) in [6.45, 7) is 0.481. The van der Waals surface area contributed by atoms with Gasteiger partial charge < -0.3 is 18.7 Å². The van der Waals surface area contributed by atoms with E-state index in [0.29, 0.717) is 18.1 Å². The number of rotatable bonds is 8. The Morgan fingerprint density at radius 1 is 1.20 bits per heavy atom. The summed E-state index contributed by atoms with van der Waals surface area (Å²) >= 11 is 0. The van der Waals surface area contributed by atoms with Crippen molar-refractivity contribution in [3.63, 3.8) is 0 Å². The van der Waals surface area contributed by atoms with Gasteiger partial charge >= 0.3 is 11.9 Å². The van der Waals surface area contributed by atoms with Gasteiger partial charge in [0.25, 0.3) is 0 Å². The van der Waals surface area contributed by atoms with E-state index in [-0.39, 0.29) is 19.6 Å². The molecule has 1 aromatic rings. The molecule has 0 aromatic carbocycles. The minimum atomic E-state index is -0.450. The molecule has 0 unspecified atom stereocenters. The molecule has 0 amide bonds. The smallest absolute Gasteiger partial charge is 0.319 e. The largest absolute Gasteiger partial charge is 0.468 e. The average Bonchev–Trinajstić information content (AvgIpc) is 2.86. The van der Waals surface area contributed by atoms with E-state index in [1.807, 2.05) is 0 Å². The van der Waals surface area contributed by atoms with Crippen LogP contribution in [0.25, 0.3) is 0 Å². The van der Waals surface area contributed by atoms with E-state index in [9.17, 15) is 9.59 Å². The Kier molecular flexibility index (Phi) is 6.68. The second-order valence-corrected chi connectivity index (χ2v) is 4.02. The van der Waals surface area contributed by atoms with Gasteiger partial charge in [0.2, 0.25) is 0 Å². The number of methoxy groups -OCH3 is 3. The van der Waals surface area contributed by atoms with Gasteiger partial charge in [0.1, 0.15) is 6.61 Å². The van der Waals surface area contributed by atoms with Crippen molar-refractivity contribution in [2.45, 2.75) is 13.2 Å². The minimum absolute atomic E-state index is 0.0436. The van der Waals surface area contributed by atoms with Gasteiger partial charge in [-0.15, -0.1) is 0 Å². The quantitative estimate of drug-likeness (QED) is 0.615. The van der Waals surface area contributed by atoms with Crippen molar-refractivity contribution in [2.75, 3.05) is 34.4 Å². The highest BCUT2D eigenvalue weighted by atomic mass is 16.5. The maximum absolute atomic E-state index is 11.3. The molecule has 0 atom stereocenters. The van der Waals surface area contributed by atoms with Crippen LogP contribution in [0.4, 0.5) is 0 Å². The molecule has 0 aliphatic heterocycles. The van der Waals surface area contributed by atoms with Crippen LogP contribution in [-0.2, 0) is 37.0 Å². The zero-order valence-electron chi connectivity index (χ0n) is 11.7. The van der Waals surface area contributed by atoms with Crippen LogP contribution in [-0.4, -0.2) is 56.4 Å². The fourth-order valence-electron chi connectivity index (χ4n) is 1.53. The predicted octanol–water partition coefficient (Wildman–Crippen LogP) is -0.0310. The van der Waals surface area contributed by atoms with E-state index in [0.717, 1.165) is 0 Å². The van der Waals surface area contributed by atoms with Gasteiger partial charge in [0.05, 0.1) is 33.0 Å². The molecule has 1 aromatic heterocycles. The lowest BCUT2D eigenvalue weighted by Gasteiger charge is -2.17. The molecule has 8 heteroatoms. The first kappa shape index (κ1) is 16.1. The fraction of sp³-hybridized carbons (Fsp3) is 0.583. The maximum Gasteiger partial charge on any atom is 0.319 e. The van der Waals surface area contributed by atoms with E-state index in [2.05, 4.69) is 14.6 Å². The minimum Gasteiger partial charge on any atom is -0.468 e. The highest BCUT2D eigenvalue weighted by molar-refractivity contribution is 5.74. The summed E-state index contributed by atoms with van der Waals surface area (Å²) in [5.74, 6) is -0.331. The summed E-state index contributed by atoms with van der Waals surface area (Å²) in [7, 11) is 4.11. The number of carbonyl (C=O) groups is 2. The molecular weight excluding hydrogens is 268 g/mol. The lowest BCUT2D eigenvalue weighted by molar-refractivity contribution is -0.145. The Balaban J connectivity index is 2.66. The van der Waals surface area contributed by atoms with E-state index < -0.39 is 11.9 Å². The number of aromatic nitrogens is 1. The van der Waals surface area contributed by atoms with Crippen molar-refractivity contribution in [2.24, 2.45) is 0 Å². The van der Waals surface area contributed by atoms with Crippen LogP contribution in [0, 0.1) is 0 Å². The first-order valence-electron chi connectivity index (χ1n) is 5.88. The molecule has 0 saturated carbocycles. The lowest BCUT2D eigenvalue weighted by atomic mass is 10.3. The summed E-state index contributed by atoms with van der Waals surface area (Å²) < 4.78 is 19.1. The third-order valence-corrected chi connectivity index (χ3v) is 2.44. The van der Waals surface area contributed by atoms with Crippen molar-refractivity contribution in [3.8, 4) is 0 Å². The predicted molar refractivity (Wildman–Crippen MR) is 66.5 cm³/mol. The topological polar surface area (TPSA) is 91.1 Å². The zero-order valence-corrected chi connectivity index (χ0v) is 11.7. The maximum atomic E-state index is 11.3.